The van der Waals surface area contributed by atoms with E-state index in [9.17, 15) is 4.79 Å². The highest BCUT2D eigenvalue weighted by Gasteiger charge is 2.26. The summed E-state index contributed by atoms with van der Waals surface area (Å²) in [7, 11) is 0. The number of rotatable bonds is 5. The molecule has 9 heteroatoms. The topological polar surface area (TPSA) is 70.2 Å². The Kier molecular flexibility index (Phi) is 9.73. The number of aromatic nitrogens is 2. The van der Waals surface area contributed by atoms with Gasteiger partial charge in [0.2, 0.25) is 5.91 Å². The number of anilines is 1. The van der Waals surface area contributed by atoms with Crippen LogP contribution in [0.4, 0.5) is 5.82 Å². The molecule has 0 spiro atoms. The van der Waals surface area contributed by atoms with Gasteiger partial charge in [-0.05, 0) is 25.0 Å². The Labute approximate surface area is 159 Å². The summed E-state index contributed by atoms with van der Waals surface area (Å²) >= 11 is 1.92. The monoisotopic (exact) mass is 393 g/mol. The Hall–Kier alpha value is -0.760. The summed E-state index contributed by atoms with van der Waals surface area (Å²) in [5.41, 5.74) is 0. The third-order valence-corrected chi connectivity index (χ3v) is 5.33. The van der Waals surface area contributed by atoms with Crippen molar-refractivity contribution in [2.45, 2.75) is 31.3 Å². The highest BCUT2D eigenvalue weighted by molar-refractivity contribution is 7.99. The van der Waals surface area contributed by atoms with E-state index in [1.54, 1.807) is 6.20 Å². The molecule has 2 unspecified atom stereocenters. The summed E-state index contributed by atoms with van der Waals surface area (Å²) in [5, 5.41) is 14.6. The number of hydrogen-bond donors (Lipinski definition) is 2. The van der Waals surface area contributed by atoms with Crippen molar-refractivity contribution in [2.75, 3.05) is 36.0 Å². The molecule has 0 radical (unpaired) electrons. The molecular formula is C15H25Cl2N5OS. The fourth-order valence-corrected chi connectivity index (χ4v) is 4.02. The van der Waals surface area contributed by atoms with E-state index in [4.69, 9.17) is 0 Å². The molecule has 24 heavy (non-hydrogen) atoms. The number of carbonyl (C=O) groups is 1. The van der Waals surface area contributed by atoms with E-state index in [1.165, 1.54) is 0 Å². The lowest BCUT2D eigenvalue weighted by Gasteiger charge is -2.26. The maximum atomic E-state index is 12.1. The zero-order valence-corrected chi connectivity index (χ0v) is 16.0. The molecule has 136 valence electrons. The number of carbonyl (C=O) groups excluding carboxylic acids is 1. The van der Waals surface area contributed by atoms with Crippen LogP contribution in [-0.4, -0.2) is 59.3 Å². The first-order chi connectivity index (χ1) is 10.8. The van der Waals surface area contributed by atoms with Crippen molar-refractivity contribution in [1.29, 1.82) is 0 Å². The van der Waals surface area contributed by atoms with Crippen LogP contribution in [0, 0.1) is 0 Å². The molecule has 0 aromatic carbocycles. The number of halogens is 2. The van der Waals surface area contributed by atoms with Gasteiger partial charge in [-0.25, -0.2) is 0 Å². The van der Waals surface area contributed by atoms with Gasteiger partial charge in [-0.1, -0.05) is 0 Å². The lowest BCUT2D eigenvalue weighted by Crippen LogP contribution is -2.44. The van der Waals surface area contributed by atoms with Crippen molar-refractivity contribution in [2.24, 2.45) is 0 Å². The second-order valence-electron chi connectivity index (χ2n) is 5.81. The highest BCUT2D eigenvalue weighted by Crippen LogP contribution is 2.22. The molecule has 2 fully saturated rings. The second kappa shape index (κ2) is 11.0. The molecule has 2 atom stereocenters. The SMILES string of the molecule is Cl.Cl.O=C(CC1CSCCN1)NCC1CCCN1c1cccnn1. The van der Waals surface area contributed by atoms with Gasteiger partial charge in [0.1, 0.15) is 0 Å². The predicted octanol–water partition coefficient (Wildman–Crippen LogP) is 1.50. The number of nitrogens with zero attached hydrogens (tertiary/aromatic N) is 3. The van der Waals surface area contributed by atoms with Crippen LogP contribution in [-0.2, 0) is 4.79 Å². The van der Waals surface area contributed by atoms with Crippen molar-refractivity contribution in [1.82, 2.24) is 20.8 Å². The van der Waals surface area contributed by atoms with Crippen LogP contribution < -0.4 is 15.5 Å². The third-order valence-electron chi connectivity index (χ3n) is 4.19. The fraction of sp³-hybridized carbons (Fsp3) is 0.667. The van der Waals surface area contributed by atoms with E-state index in [0.717, 1.165) is 43.3 Å². The minimum Gasteiger partial charge on any atom is -0.354 e. The minimum atomic E-state index is 0. The van der Waals surface area contributed by atoms with Crippen molar-refractivity contribution in [3.05, 3.63) is 18.3 Å². The Morgan fingerprint density at radius 1 is 1.46 bits per heavy atom. The van der Waals surface area contributed by atoms with Crippen molar-refractivity contribution in [3.63, 3.8) is 0 Å². The summed E-state index contributed by atoms with van der Waals surface area (Å²) in [6.07, 6.45) is 4.49. The number of nitrogens with one attached hydrogen (secondary N) is 2. The maximum absolute atomic E-state index is 12.1. The third kappa shape index (κ3) is 5.95. The van der Waals surface area contributed by atoms with Gasteiger partial charge in [-0.15, -0.1) is 29.9 Å². The van der Waals surface area contributed by atoms with E-state index in [0.29, 0.717) is 25.0 Å². The number of amides is 1. The van der Waals surface area contributed by atoms with Crippen molar-refractivity contribution < 1.29 is 4.79 Å². The zero-order chi connectivity index (χ0) is 15.2. The average molecular weight is 394 g/mol. The van der Waals surface area contributed by atoms with E-state index in [-0.39, 0.29) is 30.7 Å². The van der Waals surface area contributed by atoms with Gasteiger partial charge in [0, 0.05) is 55.8 Å². The number of thioether (sulfide) groups is 1. The summed E-state index contributed by atoms with van der Waals surface area (Å²) in [6.45, 7) is 2.68. The fourth-order valence-electron chi connectivity index (χ4n) is 3.07. The van der Waals surface area contributed by atoms with Gasteiger partial charge >= 0.3 is 0 Å². The van der Waals surface area contributed by atoms with Gasteiger partial charge in [-0.3, -0.25) is 4.79 Å². The largest absolute Gasteiger partial charge is 0.354 e. The summed E-state index contributed by atoms with van der Waals surface area (Å²) < 4.78 is 0. The molecule has 0 aliphatic carbocycles. The predicted molar refractivity (Wildman–Crippen MR) is 104 cm³/mol. The first-order valence-corrected chi connectivity index (χ1v) is 9.10. The molecule has 3 heterocycles. The minimum absolute atomic E-state index is 0. The van der Waals surface area contributed by atoms with E-state index < -0.39 is 0 Å². The van der Waals surface area contributed by atoms with Crippen LogP contribution in [0.25, 0.3) is 0 Å². The quantitative estimate of drug-likeness (QED) is 0.789. The van der Waals surface area contributed by atoms with Crippen LogP contribution in [0.1, 0.15) is 19.3 Å². The molecule has 3 rings (SSSR count). The molecule has 2 aliphatic heterocycles. The van der Waals surface area contributed by atoms with Crippen LogP contribution >= 0.6 is 36.6 Å². The Bertz CT molecular complexity index is 490. The first kappa shape index (κ1) is 21.3. The van der Waals surface area contributed by atoms with Gasteiger partial charge in [-0.2, -0.15) is 16.9 Å². The van der Waals surface area contributed by atoms with Crippen molar-refractivity contribution >= 4 is 48.3 Å². The van der Waals surface area contributed by atoms with Crippen molar-refractivity contribution in [3.8, 4) is 0 Å². The molecule has 2 saturated heterocycles. The molecular weight excluding hydrogens is 369 g/mol. The lowest BCUT2D eigenvalue weighted by molar-refractivity contribution is -0.121. The normalized spacial score (nSPS) is 23.1. The molecule has 0 saturated carbocycles. The highest BCUT2D eigenvalue weighted by atomic mass is 35.5. The van der Waals surface area contributed by atoms with Crippen LogP contribution in [0.2, 0.25) is 0 Å². The van der Waals surface area contributed by atoms with Crippen LogP contribution in [0.5, 0.6) is 0 Å². The Morgan fingerprint density at radius 3 is 3.04 bits per heavy atom. The van der Waals surface area contributed by atoms with Gasteiger partial charge in [0.15, 0.2) is 5.82 Å². The Balaban J connectivity index is 0.00000144. The lowest BCUT2D eigenvalue weighted by atomic mass is 10.2. The molecule has 1 amide bonds. The standard InChI is InChI=1S/C15H23N5OS.2ClH/c21-15(9-12-11-22-8-6-16-12)17-10-13-3-2-7-20(13)14-4-1-5-18-19-14;;/h1,4-5,12-13,16H,2-3,6-11H2,(H,17,21);2*1H. The molecule has 1 aromatic heterocycles. The zero-order valence-electron chi connectivity index (χ0n) is 13.5. The van der Waals surface area contributed by atoms with E-state index in [2.05, 4.69) is 25.7 Å². The first-order valence-electron chi connectivity index (χ1n) is 7.95. The summed E-state index contributed by atoms with van der Waals surface area (Å²) in [5.74, 6) is 3.23. The van der Waals surface area contributed by atoms with Gasteiger partial charge in [0.05, 0.1) is 0 Å². The average Bonchev–Trinajstić information content (AvgIpc) is 3.03. The molecule has 1 aromatic rings. The summed E-state index contributed by atoms with van der Waals surface area (Å²) in [4.78, 5) is 14.4. The van der Waals surface area contributed by atoms with Crippen LogP contribution in [0.3, 0.4) is 0 Å². The second-order valence-corrected chi connectivity index (χ2v) is 6.96. The molecule has 6 nitrogen and oxygen atoms in total. The maximum Gasteiger partial charge on any atom is 0.221 e. The van der Waals surface area contributed by atoms with Crippen LogP contribution in [0.15, 0.2) is 18.3 Å². The Morgan fingerprint density at radius 2 is 2.33 bits per heavy atom. The number of hydrogen-bond acceptors (Lipinski definition) is 6. The molecule has 2 N–H and O–H groups in total. The molecule has 2 aliphatic rings. The molecule has 0 bridgehead atoms. The van der Waals surface area contributed by atoms with Gasteiger partial charge < -0.3 is 15.5 Å². The summed E-state index contributed by atoms with van der Waals surface area (Å²) in [6, 6.07) is 4.53. The smallest absolute Gasteiger partial charge is 0.221 e. The van der Waals surface area contributed by atoms with Gasteiger partial charge in [0.25, 0.3) is 0 Å². The van der Waals surface area contributed by atoms with E-state index >= 15 is 0 Å². The van der Waals surface area contributed by atoms with E-state index in [1.807, 2.05) is 23.9 Å².